The van der Waals surface area contributed by atoms with Gasteiger partial charge in [-0.1, -0.05) is 83.7 Å². The molecule has 25 heteroatoms. The number of unbranched alkanes of at least 4 members (excludes halogenated alkanes) is 4. The quantitative estimate of drug-likeness (QED) is 0.0241. The van der Waals surface area contributed by atoms with Gasteiger partial charge in [0.05, 0.1) is 54.1 Å². The van der Waals surface area contributed by atoms with Gasteiger partial charge in [-0.05, 0) is 210 Å². The first-order valence-corrected chi connectivity index (χ1v) is 50.9. The maximum atomic E-state index is 12.9. The number of aromatic nitrogens is 5. The van der Waals surface area contributed by atoms with Crippen LogP contribution in [0.2, 0.25) is 0 Å². The number of nitrogens with one attached hydrogen (secondary N) is 4. The van der Waals surface area contributed by atoms with Crippen LogP contribution in [0.15, 0.2) is 109 Å². The van der Waals surface area contributed by atoms with Crippen LogP contribution < -0.4 is 26.2 Å². The van der Waals surface area contributed by atoms with E-state index in [9.17, 15) is 19.2 Å². The van der Waals surface area contributed by atoms with Crippen LogP contribution >= 0.6 is 90.7 Å². The number of morpholine rings is 1. The lowest BCUT2D eigenvalue weighted by molar-refractivity contribution is -0.119. The molecule has 18 rings (SSSR count). The predicted molar refractivity (Wildman–Crippen MR) is 517 cm³/mol. The zero-order valence-electron chi connectivity index (χ0n) is 72.1. The van der Waals surface area contributed by atoms with Crippen LogP contribution in [0.25, 0.3) is 94.3 Å². The van der Waals surface area contributed by atoms with Crippen molar-refractivity contribution in [3.05, 3.63) is 171 Å². The molecule has 123 heavy (non-hydrogen) atoms. The van der Waals surface area contributed by atoms with Gasteiger partial charge >= 0.3 is 0 Å². The van der Waals surface area contributed by atoms with Crippen LogP contribution in [0, 0.1) is 11.8 Å². The molecular weight excluding hydrogens is 1690 g/mol. The number of ether oxygens (including phenoxy) is 2. The summed E-state index contributed by atoms with van der Waals surface area (Å²) in [7, 11) is 1.72. The third kappa shape index (κ3) is 23.1. The van der Waals surface area contributed by atoms with E-state index in [0.717, 1.165) is 215 Å². The van der Waals surface area contributed by atoms with Gasteiger partial charge in [-0.15, -0.1) is 90.7 Å². The minimum atomic E-state index is 0.209. The highest BCUT2D eigenvalue weighted by Gasteiger charge is 2.33. The minimum absolute atomic E-state index is 0.209. The van der Waals surface area contributed by atoms with E-state index in [4.69, 9.17) is 34.5 Å². The molecule has 5 aliphatic heterocycles. The number of hydrogen-bond acceptors (Lipinski definition) is 25. The lowest BCUT2D eigenvalue weighted by Gasteiger charge is -2.28. The average Bonchev–Trinajstić information content (AvgIpc) is 1.62. The molecule has 0 amide bonds. The van der Waals surface area contributed by atoms with E-state index in [1.165, 1.54) is 108 Å². The van der Waals surface area contributed by atoms with Crippen LogP contribution in [-0.2, 0) is 99.7 Å². The largest absolute Gasteiger partial charge is 0.396 e. The zero-order chi connectivity index (χ0) is 85.3. The number of carbonyl (C=O) groups excluding carboxylic acids is 4. The number of rotatable bonds is 33. The zero-order valence-corrected chi connectivity index (χ0v) is 78.6. The SMILES string of the molecule is CC(C)CCCC(=O)Cc1sc2c(c1-c1nc3cc(N4CCOCC4)ccc3s1)CCNC2.CC(C)CCCC(=O)Cc1sc2c(c1-c1nc3ccccc3s1)C[C@H](C)N[C@@H]2C.COCCCCCC(=O)Cc1sc2c(c1-c1nc3cc(-c4ccncc4)ccc3s1)CCNC2.O=C(CCCCCO)Cc1sc2c(c1-c1nc3ccccc3s1)CCNC2. The molecule has 9 aromatic heterocycles. The van der Waals surface area contributed by atoms with Crippen molar-refractivity contribution < 1.29 is 33.8 Å². The van der Waals surface area contributed by atoms with E-state index in [2.05, 4.69) is 139 Å². The van der Waals surface area contributed by atoms with Crippen molar-refractivity contribution >= 4 is 160 Å². The van der Waals surface area contributed by atoms with Crippen LogP contribution in [0.5, 0.6) is 0 Å². The molecule has 1 fully saturated rings. The van der Waals surface area contributed by atoms with Gasteiger partial charge in [0.15, 0.2) is 0 Å². The first-order chi connectivity index (χ1) is 60.0. The number of nitrogens with zero attached hydrogens (tertiary/aromatic N) is 6. The summed E-state index contributed by atoms with van der Waals surface area (Å²) in [5.41, 5.74) is 18.2. The van der Waals surface area contributed by atoms with Gasteiger partial charge in [0.1, 0.15) is 43.2 Å². The molecule has 0 saturated carbocycles. The molecule has 0 radical (unpaired) electrons. The van der Waals surface area contributed by atoms with Gasteiger partial charge < -0.3 is 40.7 Å². The monoisotopic (exact) mass is 1800 g/mol. The van der Waals surface area contributed by atoms with Gasteiger partial charge in [-0.3, -0.25) is 24.2 Å². The number of Topliss-reactive ketones (excluding diaryl/α,β-unsaturated/α-hetero) is 4. The Labute approximate surface area is 755 Å². The average molecular weight is 1800 g/mol. The maximum Gasteiger partial charge on any atom is 0.138 e. The summed E-state index contributed by atoms with van der Waals surface area (Å²) in [5, 5.41) is 27.2. The molecule has 4 aromatic carbocycles. The topological polar surface area (TPSA) is 223 Å². The Morgan fingerprint density at radius 1 is 0.480 bits per heavy atom. The van der Waals surface area contributed by atoms with Gasteiger partial charge in [-0.2, -0.15) is 0 Å². The van der Waals surface area contributed by atoms with Crippen LogP contribution in [0.4, 0.5) is 5.69 Å². The number of para-hydroxylation sites is 2. The Bertz CT molecular complexity index is 5690. The summed E-state index contributed by atoms with van der Waals surface area (Å²) in [6.07, 6.45) is 22.1. The van der Waals surface area contributed by atoms with Crippen molar-refractivity contribution in [3.63, 3.8) is 0 Å². The third-order valence-corrected chi connectivity index (χ3v) is 32.8. The molecule has 5 aliphatic rings. The summed E-state index contributed by atoms with van der Waals surface area (Å²) < 4.78 is 15.4. The fourth-order valence-corrected chi connectivity index (χ4v) is 27.1. The Hall–Kier alpha value is -7.41. The summed E-state index contributed by atoms with van der Waals surface area (Å²) >= 11 is 14.2. The second-order valence-electron chi connectivity index (χ2n) is 33.9. The molecule has 5 N–H and O–H groups in total. The molecule has 648 valence electrons. The summed E-state index contributed by atoms with van der Waals surface area (Å²) in [6.45, 7) is 23.4. The number of pyridine rings is 1. The number of ketones is 4. The van der Waals surface area contributed by atoms with Crippen molar-refractivity contribution in [1.82, 2.24) is 46.2 Å². The molecule has 0 unspecified atom stereocenters. The maximum absolute atomic E-state index is 12.9. The van der Waals surface area contributed by atoms with Gasteiger partial charge in [-0.25, -0.2) is 19.9 Å². The van der Waals surface area contributed by atoms with Crippen molar-refractivity contribution in [3.8, 4) is 53.4 Å². The molecular formula is C98H116N10O7S8. The molecule has 2 atom stereocenters. The number of aliphatic hydroxyl groups excluding tert-OH is 1. The molecule has 0 spiro atoms. The van der Waals surface area contributed by atoms with Gasteiger partial charge in [0, 0.05) is 196 Å². The van der Waals surface area contributed by atoms with Gasteiger partial charge in [0.2, 0.25) is 0 Å². The molecule has 17 nitrogen and oxygen atoms in total. The molecule has 0 aliphatic carbocycles. The van der Waals surface area contributed by atoms with Gasteiger partial charge in [0.25, 0.3) is 0 Å². The van der Waals surface area contributed by atoms with E-state index in [-0.39, 0.29) is 6.61 Å². The Kier molecular flexibility index (Phi) is 32.2. The standard InChI is InChI=1S/C27H29N3O2S2.C26H33N3O2S2.C24H30N2OS2.C21H24N2O2S2/c1-32-14-4-2-3-5-20(31)16-24-26(21-10-13-29-17-25(21)33-24)27-30-22-15-19(6-7-23(22)34-27)18-8-11-28-12-9-18;1-17(2)4-3-5-19(30)15-23-25(20-8-9-27-16-24(20)32-23)26-28-21-14-18(6-7-22(21)33-26)29-10-12-31-13-11-29;1-14(2)8-7-9-17(27)13-21-22(18-12-15(3)25-16(4)23(18)28-21)24-26-19-10-5-6-11-20(19)29-24;24-11-5-1-2-6-14(25)12-18-20(15-9-10-22-13-19(15)26-18)21-23-16-7-3-4-8-17(16)27-21/h6-9,11-12,15,29H,2-5,10,13-14,16-17H2,1H3;6-7,14,17,27H,3-5,8-13,15-16H2,1-2H3;5-6,10-11,14-16,25H,7-9,12-13H2,1-4H3;3-4,7-8,22,24H,1-2,5-6,9-13H2/t;;15-,16+;/m..0./s1. The van der Waals surface area contributed by atoms with Crippen molar-refractivity contribution in [1.29, 1.82) is 0 Å². The number of hydrogen-bond donors (Lipinski definition) is 5. The first-order valence-electron chi connectivity index (χ1n) is 44.4. The summed E-state index contributed by atoms with van der Waals surface area (Å²) in [4.78, 5) is 87.8. The minimum Gasteiger partial charge on any atom is -0.396 e. The highest BCUT2D eigenvalue weighted by Crippen LogP contribution is 2.49. The number of methoxy groups -OCH3 is 1. The van der Waals surface area contributed by atoms with Crippen LogP contribution in [0.3, 0.4) is 0 Å². The number of fused-ring (bicyclic) bond motifs is 8. The number of carbonyl (C=O) groups is 4. The predicted octanol–water partition coefficient (Wildman–Crippen LogP) is 22.4. The number of thiazole rings is 4. The highest BCUT2D eigenvalue weighted by molar-refractivity contribution is 7.24. The third-order valence-electron chi connectivity index (χ3n) is 23.5. The molecule has 14 heterocycles. The van der Waals surface area contributed by atoms with Crippen molar-refractivity contribution in [2.45, 2.75) is 215 Å². The highest BCUT2D eigenvalue weighted by atomic mass is 32.1. The van der Waals surface area contributed by atoms with E-state index in [0.29, 0.717) is 98.4 Å². The normalized spacial score (nSPS) is 15.6. The van der Waals surface area contributed by atoms with Crippen LogP contribution in [-0.4, -0.2) is 125 Å². The second kappa shape index (κ2) is 43.9. The Morgan fingerprint density at radius 2 is 0.911 bits per heavy atom. The number of benzene rings is 4. The number of anilines is 1. The van der Waals surface area contributed by atoms with Crippen LogP contribution in [0.1, 0.15) is 199 Å². The van der Waals surface area contributed by atoms with Crippen molar-refractivity contribution in [2.75, 3.05) is 71.2 Å². The van der Waals surface area contributed by atoms with Crippen molar-refractivity contribution in [2.24, 2.45) is 11.8 Å². The van der Waals surface area contributed by atoms with E-state index in [1.807, 2.05) is 65.4 Å². The smallest absolute Gasteiger partial charge is 0.138 e. The summed E-state index contributed by atoms with van der Waals surface area (Å²) in [6, 6.07) is 34.5. The second-order valence-corrected chi connectivity index (χ2v) is 42.7. The molecule has 1 saturated heterocycles. The fraction of sp³-hybridized carbons (Fsp3) is 0.459. The Morgan fingerprint density at radius 3 is 1.38 bits per heavy atom. The number of aliphatic hydroxyl groups is 1. The number of thiophene rings is 4. The molecule has 13 aromatic rings. The van der Waals surface area contributed by atoms with E-state index >= 15 is 0 Å². The summed E-state index contributed by atoms with van der Waals surface area (Å²) in [5.74, 6) is 2.65. The lowest BCUT2D eigenvalue weighted by Crippen LogP contribution is -2.36. The lowest BCUT2D eigenvalue weighted by atomic mass is 9.94. The Balaban J connectivity index is 0.000000128. The fourth-order valence-electron chi connectivity index (χ4n) is 17.2. The van der Waals surface area contributed by atoms with E-state index < -0.39 is 0 Å². The first kappa shape index (κ1) is 90.4. The van der Waals surface area contributed by atoms with E-state index in [1.54, 1.807) is 75.1 Å². The molecule has 0 bridgehead atoms.